The number of carbonyl (C=O) groups is 2. The maximum atomic E-state index is 12.9. The number of aliphatic hydroxyl groups excluding tert-OH is 1. The highest BCUT2D eigenvalue weighted by Crippen LogP contribution is 2.32. The zero-order valence-corrected chi connectivity index (χ0v) is 28.0. The Morgan fingerprint density at radius 1 is 1.03 bits per heavy atom. The van der Waals surface area contributed by atoms with Crippen LogP contribution in [0.5, 0.6) is 0 Å². The van der Waals surface area contributed by atoms with E-state index in [9.17, 15) is 14.7 Å². The molecule has 1 saturated carbocycles. The van der Waals surface area contributed by atoms with Crippen LogP contribution in [0.4, 0.5) is 0 Å². The molecule has 0 aliphatic heterocycles. The Kier molecular flexibility index (Phi) is 19.0. The van der Waals surface area contributed by atoms with Gasteiger partial charge >= 0.3 is 0 Å². The van der Waals surface area contributed by atoms with Gasteiger partial charge in [0.1, 0.15) is 11.6 Å². The van der Waals surface area contributed by atoms with Crippen LogP contribution in [0.3, 0.4) is 0 Å². The van der Waals surface area contributed by atoms with E-state index < -0.39 is 11.5 Å². The van der Waals surface area contributed by atoms with Gasteiger partial charge < -0.3 is 5.11 Å². The highest BCUT2D eigenvalue weighted by Gasteiger charge is 2.39. The summed E-state index contributed by atoms with van der Waals surface area (Å²) in [5.41, 5.74) is 0.240. The molecule has 1 aromatic heterocycles. The van der Waals surface area contributed by atoms with E-state index in [0.29, 0.717) is 30.1 Å². The Morgan fingerprint density at radius 3 is 2.15 bits per heavy atom. The summed E-state index contributed by atoms with van der Waals surface area (Å²) >= 11 is 1.76. The largest absolute Gasteiger partial charge is 0.392 e. The lowest BCUT2D eigenvalue weighted by molar-refractivity contribution is -0.139. The summed E-state index contributed by atoms with van der Waals surface area (Å²) in [7, 11) is 0. The first-order valence-electron chi connectivity index (χ1n) is 15.6. The first kappa shape index (κ1) is 37.7. The van der Waals surface area contributed by atoms with Crippen LogP contribution in [0.25, 0.3) is 6.08 Å². The monoisotopic (exact) mass is 563 g/mol. The molecule has 0 aromatic carbocycles. The molecule has 1 aliphatic rings. The normalized spacial score (nSPS) is 27.5. The number of thiazole rings is 1. The van der Waals surface area contributed by atoms with E-state index >= 15 is 0 Å². The van der Waals surface area contributed by atoms with Gasteiger partial charge in [0, 0.05) is 36.0 Å². The van der Waals surface area contributed by atoms with Gasteiger partial charge in [-0.05, 0) is 55.9 Å². The zero-order chi connectivity index (χ0) is 30.2. The fourth-order valence-electron chi connectivity index (χ4n) is 5.36. The van der Waals surface area contributed by atoms with Crippen molar-refractivity contribution in [1.82, 2.24) is 4.98 Å². The summed E-state index contributed by atoms with van der Waals surface area (Å²) in [6, 6.07) is 0. The van der Waals surface area contributed by atoms with Gasteiger partial charge in [0.25, 0.3) is 0 Å². The highest BCUT2D eigenvalue weighted by molar-refractivity contribution is 7.09. The van der Waals surface area contributed by atoms with Crippen molar-refractivity contribution in [2.45, 2.75) is 140 Å². The summed E-state index contributed by atoms with van der Waals surface area (Å²) < 4.78 is 0. The van der Waals surface area contributed by atoms with Gasteiger partial charge in [-0.25, -0.2) is 4.98 Å². The third-order valence-electron chi connectivity index (χ3n) is 7.70. The Bertz CT molecular complexity index is 841. The standard InChI is InChI=1S/C22H40O3.C10H15NS.C2H6/c1-15-8-7-9-16(2)13-18(4)21(25)22(5,6)20(24)14-19(23)11-10-17(3)12-15;1-4-5-9-7-12-10(11-9)6-8(2)3;1-2/h15-18,20,24H,7-14H2,1-6H3;4-5,7-8H,6H2,1-3H3;1-2H3/b;5-4-;/t15?,16?,17-,18?,20?;;/m1../s1. The predicted molar refractivity (Wildman–Crippen MR) is 170 cm³/mol. The Balaban J connectivity index is 0.000000858. The van der Waals surface area contributed by atoms with Crippen LogP contribution < -0.4 is 0 Å². The molecule has 39 heavy (non-hydrogen) atoms. The van der Waals surface area contributed by atoms with Crippen molar-refractivity contribution in [3.8, 4) is 0 Å². The number of hydrogen-bond donors (Lipinski definition) is 1. The van der Waals surface area contributed by atoms with Gasteiger partial charge in [0.15, 0.2) is 0 Å². The fraction of sp³-hybridized carbons (Fsp3) is 0.794. The minimum atomic E-state index is -0.882. The van der Waals surface area contributed by atoms with Crippen LogP contribution in [-0.2, 0) is 16.0 Å². The minimum Gasteiger partial charge on any atom is -0.392 e. The van der Waals surface area contributed by atoms with Gasteiger partial charge in [-0.15, -0.1) is 11.3 Å². The Morgan fingerprint density at radius 2 is 1.59 bits per heavy atom. The number of ketones is 2. The molecule has 1 heterocycles. The van der Waals surface area contributed by atoms with E-state index in [2.05, 4.69) is 45.0 Å². The van der Waals surface area contributed by atoms with E-state index in [4.69, 9.17) is 0 Å². The lowest BCUT2D eigenvalue weighted by Gasteiger charge is -2.32. The van der Waals surface area contributed by atoms with Crippen LogP contribution in [-0.4, -0.2) is 27.8 Å². The average molecular weight is 564 g/mol. The molecule has 2 rings (SSSR count). The summed E-state index contributed by atoms with van der Waals surface area (Å²) in [6.45, 7) is 22.8. The molecule has 1 aromatic rings. The number of Topliss-reactive ketones (excluding diaryl/α,β-unsaturated/α-hetero) is 2. The maximum Gasteiger partial charge on any atom is 0.143 e. The summed E-state index contributed by atoms with van der Waals surface area (Å²) in [5.74, 6) is 2.56. The molecule has 0 radical (unpaired) electrons. The summed E-state index contributed by atoms with van der Waals surface area (Å²) in [5, 5.41) is 13.9. The second kappa shape index (κ2) is 19.7. The third-order valence-corrected chi connectivity index (χ3v) is 8.59. The average Bonchev–Trinajstić information content (AvgIpc) is 3.29. The van der Waals surface area contributed by atoms with Crippen LogP contribution in [0.2, 0.25) is 0 Å². The smallest absolute Gasteiger partial charge is 0.143 e. The van der Waals surface area contributed by atoms with Crippen LogP contribution in [0, 0.1) is 35.0 Å². The number of aliphatic hydroxyl groups is 1. The highest BCUT2D eigenvalue weighted by atomic mass is 32.1. The second-order valence-corrected chi connectivity index (χ2v) is 13.7. The van der Waals surface area contributed by atoms with Gasteiger partial charge in [-0.1, -0.05) is 94.6 Å². The zero-order valence-electron chi connectivity index (χ0n) is 27.2. The number of nitrogens with zero attached hydrogens (tertiary/aromatic N) is 1. The molecule has 226 valence electrons. The Hall–Kier alpha value is -1.33. The molecule has 0 spiro atoms. The lowest BCUT2D eigenvalue weighted by Crippen LogP contribution is -2.41. The van der Waals surface area contributed by atoms with E-state index in [-0.39, 0.29) is 23.9 Å². The predicted octanol–water partition coefficient (Wildman–Crippen LogP) is 9.59. The number of rotatable bonds is 3. The van der Waals surface area contributed by atoms with E-state index in [1.807, 2.05) is 39.8 Å². The second-order valence-electron chi connectivity index (χ2n) is 12.8. The quantitative estimate of drug-likeness (QED) is 0.397. The van der Waals surface area contributed by atoms with Gasteiger partial charge in [0.2, 0.25) is 0 Å². The molecule has 1 N–H and O–H groups in total. The van der Waals surface area contributed by atoms with Crippen molar-refractivity contribution in [3.63, 3.8) is 0 Å². The molecule has 1 aliphatic carbocycles. The molecule has 1 fully saturated rings. The van der Waals surface area contributed by atoms with E-state index in [0.717, 1.165) is 31.4 Å². The topological polar surface area (TPSA) is 67.3 Å². The van der Waals surface area contributed by atoms with Crippen molar-refractivity contribution in [2.75, 3.05) is 0 Å². The first-order valence-corrected chi connectivity index (χ1v) is 16.4. The molecule has 0 bridgehead atoms. The van der Waals surface area contributed by atoms with Gasteiger partial charge in [0.05, 0.1) is 16.8 Å². The molecular formula is C34H61NO3S. The van der Waals surface area contributed by atoms with Crippen LogP contribution in [0.15, 0.2) is 11.5 Å². The molecule has 5 heteroatoms. The minimum absolute atomic E-state index is 0.0693. The van der Waals surface area contributed by atoms with Gasteiger partial charge in [-0.2, -0.15) is 0 Å². The van der Waals surface area contributed by atoms with Crippen molar-refractivity contribution < 1.29 is 14.7 Å². The summed E-state index contributed by atoms with van der Waals surface area (Å²) in [4.78, 5) is 29.6. The van der Waals surface area contributed by atoms with Crippen molar-refractivity contribution in [3.05, 3.63) is 22.2 Å². The number of allylic oxidation sites excluding steroid dienone is 1. The summed E-state index contributed by atoms with van der Waals surface area (Å²) in [6.07, 6.45) is 11.4. The molecule has 4 unspecified atom stereocenters. The molecule has 0 amide bonds. The molecular weight excluding hydrogens is 502 g/mol. The number of carbonyl (C=O) groups excluding carboxylic acids is 2. The van der Waals surface area contributed by atoms with Crippen molar-refractivity contribution >= 4 is 29.0 Å². The SMILES string of the molecule is C/C=C\c1csc(CC(C)C)n1.CC.CC1CCCC(C)C[C@H](C)CCC(=O)CC(O)C(C)(C)C(=O)C(C)C1. The van der Waals surface area contributed by atoms with E-state index in [1.54, 1.807) is 25.2 Å². The maximum absolute atomic E-state index is 12.9. The van der Waals surface area contributed by atoms with E-state index in [1.165, 1.54) is 24.3 Å². The number of aromatic nitrogens is 1. The van der Waals surface area contributed by atoms with Crippen LogP contribution in [0.1, 0.15) is 138 Å². The van der Waals surface area contributed by atoms with Gasteiger partial charge in [-0.3, -0.25) is 9.59 Å². The molecule has 5 atom stereocenters. The van der Waals surface area contributed by atoms with Crippen molar-refractivity contribution in [2.24, 2.45) is 35.0 Å². The van der Waals surface area contributed by atoms with Crippen LogP contribution >= 0.6 is 11.3 Å². The third kappa shape index (κ3) is 15.3. The molecule has 4 nitrogen and oxygen atoms in total. The molecule has 0 saturated heterocycles. The first-order chi connectivity index (χ1) is 18.3. The van der Waals surface area contributed by atoms with Crippen molar-refractivity contribution in [1.29, 1.82) is 0 Å². The Labute approximate surface area is 245 Å². The fourth-order valence-corrected chi connectivity index (χ4v) is 6.34. The number of hydrogen-bond acceptors (Lipinski definition) is 5. The lowest BCUT2D eigenvalue weighted by atomic mass is 9.73.